The van der Waals surface area contributed by atoms with Crippen molar-refractivity contribution in [1.82, 2.24) is 14.9 Å². The Bertz CT molecular complexity index is 702. The van der Waals surface area contributed by atoms with Crippen molar-refractivity contribution in [2.75, 3.05) is 32.7 Å². The summed E-state index contributed by atoms with van der Waals surface area (Å²) >= 11 is 0. The van der Waals surface area contributed by atoms with E-state index in [4.69, 9.17) is 0 Å². The Balaban J connectivity index is 0.00000338. The molecule has 0 bridgehead atoms. The average Bonchev–Trinajstić information content (AvgIpc) is 2.91. The van der Waals surface area contributed by atoms with E-state index in [0.717, 1.165) is 37.6 Å². The molecule has 0 aromatic heterocycles. The van der Waals surface area contributed by atoms with Crippen LogP contribution in [0, 0.1) is 12.3 Å². The van der Waals surface area contributed by atoms with Crippen LogP contribution in [0.25, 0.3) is 0 Å². The van der Waals surface area contributed by atoms with Crippen LogP contribution in [0.4, 0.5) is 0 Å². The predicted octanol–water partition coefficient (Wildman–Crippen LogP) is 2.59. The minimum absolute atomic E-state index is 0. The molecular formula is C18H31IN4O2S. The van der Waals surface area contributed by atoms with E-state index in [1.54, 1.807) is 24.3 Å². The number of aryl methyl sites for hydroxylation is 1. The highest BCUT2D eigenvalue weighted by atomic mass is 127. The van der Waals surface area contributed by atoms with E-state index < -0.39 is 10.0 Å². The molecule has 2 rings (SSSR count). The van der Waals surface area contributed by atoms with Crippen LogP contribution in [0.3, 0.4) is 0 Å². The normalized spacial score (nSPS) is 17.1. The van der Waals surface area contributed by atoms with E-state index in [0.29, 0.717) is 12.0 Å². The van der Waals surface area contributed by atoms with E-state index >= 15 is 0 Å². The molecule has 1 fully saturated rings. The van der Waals surface area contributed by atoms with Gasteiger partial charge in [0.1, 0.15) is 0 Å². The third-order valence-electron chi connectivity index (χ3n) is 4.31. The Morgan fingerprint density at radius 2 is 1.92 bits per heavy atom. The van der Waals surface area contributed by atoms with Gasteiger partial charge in [0.25, 0.3) is 0 Å². The van der Waals surface area contributed by atoms with Crippen molar-refractivity contribution < 1.29 is 8.42 Å². The standard InChI is InChI=1S/C18H30N4O2S.HI/c1-5-19-17(22-13-10-18(3,4)14-22)20-11-12-21-25(23,24)16-8-6-15(2)7-9-16;/h6-9,21H,5,10-14H2,1-4H3,(H,19,20);1H. The zero-order chi connectivity index (χ0) is 18.5. The molecule has 2 N–H and O–H groups in total. The largest absolute Gasteiger partial charge is 0.357 e. The lowest BCUT2D eigenvalue weighted by Gasteiger charge is -2.23. The highest BCUT2D eigenvalue weighted by molar-refractivity contribution is 14.0. The molecule has 1 aliphatic rings. The van der Waals surface area contributed by atoms with Gasteiger partial charge in [-0.15, -0.1) is 24.0 Å². The molecular weight excluding hydrogens is 463 g/mol. The zero-order valence-corrected chi connectivity index (χ0v) is 19.2. The van der Waals surface area contributed by atoms with E-state index in [2.05, 4.69) is 33.8 Å². The minimum atomic E-state index is -3.48. The lowest BCUT2D eigenvalue weighted by Crippen LogP contribution is -2.41. The molecule has 0 aliphatic carbocycles. The highest BCUT2D eigenvalue weighted by Gasteiger charge is 2.30. The number of aliphatic imine (C=N–C) groups is 1. The summed E-state index contributed by atoms with van der Waals surface area (Å²) in [4.78, 5) is 7.11. The number of likely N-dealkylation sites (tertiary alicyclic amines) is 1. The number of nitrogens with zero attached hydrogens (tertiary/aromatic N) is 2. The summed E-state index contributed by atoms with van der Waals surface area (Å²) in [5.41, 5.74) is 1.33. The van der Waals surface area contributed by atoms with Crippen molar-refractivity contribution in [2.45, 2.75) is 39.0 Å². The number of rotatable bonds is 6. The van der Waals surface area contributed by atoms with Gasteiger partial charge in [-0.05, 0) is 37.8 Å². The fourth-order valence-corrected chi connectivity index (χ4v) is 3.88. The van der Waals surface area contributed by atoms with E-state index in [-0.39, 0.29) is 35.4 Å². The molecule has 0 spiro atoms. The molecule has 0 unspecified atom stereocenters. The summed E-state index contributed by atoms with van der Waals surface area (Å²) in [5.74, 6) is 0.864. The molecule has 0 saturated carbocycles. The second-order valence-corrected chi connectivity index (χ2v) is 9.05. The molecule has 8 heteroatoms. The molecule has 26 heavy (non-hydrogen) atoms. The van der Waals surface area contributed by atoms with Crippen molar-refractivity contribution in [3.05, 3.63) is 29.8 Å². The first-order valence-corrected chi connectivity index (χ1v) is 10.3. The first-order chi connectivity index (χ1) is 11.7. The second kappa shape index (κ2) is 9.89. The van der Waals surface area contributed by atoms with E-state index in [9.17, 15) is 8.42 Å². The lowest BCUT2D eigenvalue weighted by atomic mass is 9.93. The van der Waals surface area contributed by atoms with Gasteiger partial charge in [-0.1, -0.05) is 31.5 Å². The molecule has 0 atom stereocenters. The summed E-state index contributed by atoms with van der Waals surface area (Å²) in [6.45, 7) is 11.9. The first-order valence-electron chi connectivity index (χ1n) is 8.83. The maximum absolute atomic E-state index is 12.3. The molecule has 148 valence electrons. The van der Waals surface area contributed by atoms with Gasteiger partial charge in [-0.2, -0.15) is 0 Å². The molecule has 0 amide bonds. The van der Waals surface area contributed by atoms with Crippen molar-refractivity contribution in [3.8, 4) is 0 Å². The maximum atomic E-state index is 12.3. The Kier molecular flexibility index (Phi) is 8.81. The summed E-state index contributed by atoms with van der Waals surface area (Å²) < 4.78 is 27.2. The van der Waals surface area contributed by atoms with Crippen LogP contribution < -0.4 is 10.0 Å². The number of halogens is 1. The van der Waals surface area contributed by atoms with Crippen LogP contribution in [-0.2, 0) is 10.0 Å². The predicted molar refractivity (Wildman–Crippen MR) is 118 cm³/mol. The monoisotopic (exact) mass is 494 g/mol. The molecule has 1 saturated heterocycles. The van der Waals surface area contributed by atoms with Gasteiger partial charge < -0.3 is 10.2 Å². The third kappa shape index (κ3) is 6.70. The van der Waals surface area contributed by atoms with Crippen LogP contribution in [0.1, 0.15) is 32.8 Å². The Morgan fingerprint density at radius 1 is 1.27 bits per heavy atom. The van der Waals surface area contributed by atoms with Gasteiger partial charge in [0.15, 0.2) is 5.96 Å². The van der Waals surface area contributed by atoms with E-state index in [1.807, 2.05) is 13.8 Å². The van der Waals surface area contributed by atoms with Gasteiger partial charge >= 0.3 is 0 Å². The van der Waals surface area contributed by atoms with Crippen LogP contribution in [0.2, 0.25) is 0 Å². The number of nitrogens with one attached hydrogen (secondary N) is 2. The fraction of sp³-hybridized carbons (Fsp3) is 0.611. The summed E-state index contributed by atoms with van der Waals surface area (Å²) in [5, 5.41) is 3.30. The van der Waals surface area contributed by atoms with Gasteiger partial charge in [0.05, 0.1) is 11.4 Å². The number of hydrogen-bond acceptors (Lipinski definition) is 3. The SMILES string of the molecule is CCNC(=NCCNS(=O)(=O)c1ccc(C)cc1)N1CCC(C)(C)C1.I. The van der Waals surface area contributed by atoms with Crippen LogP contribution in [0.15, 0.2) is 34.2 Å². The summed E-state index contributed by atoms with van der Waals surface area (Å²) in [7, 11) is -3.48. The van der Waals surface area contributed by atoms with Crippen LogP contribution in [0.5, 0.6) is 0 Å². The first kappa shape index (κ1) is 23.2. The Morgan fingerprint density at radius 3 is 2.46 bits per heavy atom. The fourth-order valence-electron chi connectivity index (χ4n) is 2.86. The van der Waals surface area contributed by atoms with Crippen molar-refractivity contribution in [1.29, 1.82) is 0 Å². The molecule has 1 aromatic rings. The topological polar surface area (TPSA) is 73.8 Å². The molecule has 1 heterocycles. The average molecular weight is 494 g/mol. The molecule has 1 aliphatic heterocycles. The summed E-state index contributed by atoms with van der Waals surface area (Å²) in [6.07, 6.45) is 1.14. The van der Waals surface area contributed by atoms with Crippen LogP contribution in [-0.4, -0.2) is 52.0 Å². The molecule has 1 aromatic carbocycles. The number of sulfonamides is 1. The molecule has 0 radical (unpaired) electrons. The summed E-state index contributed by atoms with van der Waals surface area (Å²) in [6, 6.07) is 6.84. The number of guanidine groups is 1. The highest BCUT2D eigenvalue weighted by Crippen LogP contribution is 2.28. The minimum Gasteiger partial charge on any atom is -0.357 e. The van der Waals surface area contributed by atoms with E-state index in [1.165, 1.54) is 0 Å². The lowest BCUT2D eigenvalue weighted by molar-refractivity contribution is 0.370. The second-order valence-electron chi connectivity index (χ2n) is 7.28. The zero-order valence-electron chi connectivity index (χ0n) is 16.1. The van der Waals surface area contributed by atoms with Crippen molar-refractivity contribution >= 4 is 40.0 Å². The smallest absolute Gasteiger partial charge is 0.240 e. The maximum Gasteiger partial charge on any atom is 0.240 e. The van der Waals surface area contributed by atoms with Gasteiger partial charge in [0, 0.05) is 26.2 Å². The quantitative estimate of drug-likeness (QED) is 0.276. The van der Waals surface area contributed by atoms with Gasteiger partial charge in [-0.25, -0.2) is 13.1 Å². The molecule has 6 nitrogen and oxygen atoms in total. The Hall–Kier alpha value is -0.870. The number of hydrogen-bond donors (Lipinski definition) is 2. The Labute approximate surface area is 174 Å². The number of benzene rings is 1. The third-order valence-corrected chi connectivity index (χ3v) is 5.79. The van der Waals surface area contributed by atoms with Gasteiger partial charge in [-0.3, -0.25) is 4.99 Å². The van der Waals surface area contributed by atoms with Gasteiger partial charge in [0.2, 0.25) is 10.0 Å². The van der Waals surface area contributed by atoms with Crippen LogP contribution >= 0.6 is 24.0 Å². The van der Waals surface area contributed by atoms with Crippen molar-refractivity contribution in [2.24, 2.45) is 10.4 Å². The van der Waals surface area contributed by atoms with Crippen molar-refractivity contribution in [3.63, 3.8) is 0 Å².